The van der Waals surface area contributed by atoms with E-state index in [0.29, 0.717) is 6.54 Å². The van der Waals surface area contributed by atoms with Crippen LogP contribution in [0.2, 0.25) is 0 Å². The zero-order chi connectivity index (χ0) is 14.3. The Morgan fingerprint density at radius 1 is 1.11 bits per heavy atom. The van der Waals surface area contributed by atoms with Crippen molar-refractivity contribution in [2.24, 2.45) is 0 Å². The largest absolute Gasteiger partial charge is 0.320 e. The molecule has 1 aliphatic rings. The summed E-state index contributed by atoms with van der Waals surface area (Å²) in [6.07, 6.45) is 7.61. The van der Waals surface area contributed by atoms with Crippen LogP contribution in [0.1, 0.15) is 44.9 Å². The molecule has 1 N–H and O–H groups in total. The first-order valence-electron chi connectivity index (χ1n) is 7.34. The van der Waals surface area contributed by atoms with Gasteiger partial charge in [-0.15, -0.1) is 0 Å². The average Bonchev–Trinajstić information content (AvgIpc) is 2.66. The molecule has 0 aliphatic heterocycles. The van der Waals surface area contributed by atoms with Gasteiger partial charge in [-0.2, -0.15) is 17.0 Å². The quantitative estimate of drug-likeness (QED) is 0.570. The molecule has 1 fully saturated rings. The predicted octanol–water partition coefficient (Wildman–Crippen LogP) is 1.43. The van der Waals surface area contributed by atoms with E-state index in [1.54, 1.807) is 18.4 Å². The molecule has 114 valence electrons. The Morgan fingerprint density at radius 2 is 1.68 bits per heavy atom. The van der Waals surface area contributed by atoms with Crippen LogP contribution in [0.4, 0.5) is 0 Å². The van der Waals surface area contributed by atoms with Crippen LogP contribution in [0.15, 0.2) is 0 Å². The van der Waals surface area contributed by atoms with E-state index in [-0.39, 0.29) is 6.04 Å². The SMILES string of the molecule is CNCCCN(C)S(=O)(=O)N(C)C1CCCCCC1. The van der Waals surface area contributed by atoms with E-state index >= 15 is 0 Å². The molecule has 0 aromatic heterocycles. The molecule has 0 heterocycles. The summed E-state index contributed by atoms with van der Waals surface area (Å²) in [6, 6.07) is 0.180. The van der Waals surface area contributed by atoms with Crippen molar-refractivity contribution in [2.45, 2.75) is 51.0 Å². The maximum atomic E-state index is 12.5. The first-order valence-corrected chi connectivity index (χ1v) is 8.73. The molecule has 0 unspecified atom stereocenters. The molecule has 19 heavy (non-hydrogen) atoms. The minimum absolute atomic E-state index is 0.180. The van der Waals surface area contributed by atoms with E-state index in [2.05, 4.69) is 5.32 Å². The number of rotatable bonds is 7. The molecule has 0 radical (unpaired) electrons. The summed E-state index contributed by atoms with van der Waals surface area (Å²) in [6.45, 7) is 1.41. The summed E-state index contributed by atoms with van der Waals surface area (Å²) in [5, 5.41) is 3.04. The fourth-order valence-electron chi connectivity index (χ4n) is 2.62. The lowest BCUT2D eigenvalue weighted by atomic mass is 10.1. The molecular weight excluding hydrogens is 262 g/mol. The summed E-state index contributed by atoms with van der Waals surface area (Å²) in [5.74, 6) is 0. The standard InChI is InChI=1S/C13H29N3O2S/c1-14-11-8-12-15(2)19(17,18)16(3)13-9-6-4-5-7-10-13/h13-14H,4-12H2,1-3H3. The van der Waals surface area contributed by atoms with Crippen molar-refractivity contribution in [1.82, 2.24) is 13.9 Å². The van der Waals surface area contributed by atoms with Gasteiger partial charge in [0, 0.05) is 26.7 Å². The molecule has 0 aromatic carbocycles. The fourth-order valence-corrected chi connectivity index (χ4v) is 4.01. The Balaban J connectivity index is 2.58. The van der Waals surface area contributed by atoms with E-state index in [1.165, 1.54) is 17.1 Å². The maximum absolute atomic E-state index is 12.5. The van der Waals surface area contributed by atoms with Crippen LogP contribution in [0.5, 0.6) is 0 Å². The summed E-state index contributed by atoms with van der Waals surface area (Å²) < 4.78 is 28.0. The van der Waals surface area contributed by atoms with Crippen molar-refractivity contribution in [1.29, 1.82) is 0 Å². The van der Waals surface area contributed by atoms with Gasteiger partial charge in [-0.3, -0.25) is 0 Å². The zero-order valence-electron chi connectivity index (χ0n) is 12.6. The summed E-state index contributed by atoms with van der Waals surface area (Å²) >= 11 is 0. The van der Waals surface area contributed by atoms with Crippen LogP contribution < -0.4 is 5.32 Å². The van der Waals surface area contributed by atoms with E-state index in [4.69, 9.17) is 0 Å². The minimum Gasteiger partial charge on any atom is -0.320 e. The van der Waals surface area contributed by atoms with Gasteiger partial charge in [0.05, 0.1) is 0 Å². The van der Waals surface area contributed by atoms with E-state index in [1.807, 2.05) is 7.05 Å². The second-order valence-electron chi connectivity index (χ2n) is 5.45. The van der Waals surface area contributed by atoms with Crippen molar-refractivity contribution in [3.05, 3.63) is 0 Å². The van der Waals surface area contributed by atoms with Gasteiger partial charge in [-0.05, 0) is 32.9 Å². The third-order valence-corrected chi connectivity index (χ3v) is 5.99. The van der Waals surface area contributed by atoms with Crippen molar-refractivity contribution >= 4 is 10.2 Å². The first kappa shape index (κ1) is 16.9. The summed E-state index contributed by atoms with van der Waals surface area (Å²) in [4.78, 5) is 0. The molecule has 0 aromatic rings. The van der Waals surface area contributed by atoms with Gasteiger partial charge in [-0.25, -0.2) is 0 Å². The van der Waals surface area contributed by atoms with Crippen LogP contribution in [-0.4, -0.2) is 57.3 Å². The zero-order valence-corrected chi connectivity index (χ0v) is 13.4. The number of hydrogen-bond acceptors (Lipinski definition) is 3. The van der Waals surface area contributed by atoms with Crippen molar-refractivity contribution < 1.29 is 8.42 Å². The Bertz CT molecular complexity index is 338. The van der Waals surface area contributed by atoms with Gasteiger partial charge >= 0.3 is 0 Å². The predicted molar refractivity (Wildman–Crippen MR) is 79.3 cm³/mol. The molecule has 1 saturated carbocycles. The second kappa shape index (κ2) is 8.19. The molecule has 1 aliphatic carbocycles. The minimum atomic E-state index is -3.30. The van der Waals surface area contributed by atoms with Crippen LogP contribution in [0.25, 0.3) is 0 Å². The van der Waals surface area contributed by atoms with Crippen LogP contribution >= 0.6 is 0 Å². The second-order valence-corrected chi connectivity index (χ2v) is 7.54. The number of nitrogens with zero attached hydrogens (tertiary/aromatic N) is 2. The van der Waals surface area contributed by atoms with Gasteiger partial charge in [-0.1, -0.05) is 25.7 Å². The van der Waals surface area contributed by atoms with Crippen LogP contribution in [0, 0.1) is 0 Å². The van der Waals surface area contributed by atoms with Crippen molar-refractivity contribution in [3.8, 4) is 0 Å². The molecule has 0 amide bonds. The molecule has 6 heteroatoms. The summed E-state index contributed by atoms with van der Waals surface area (Å²) in [5.41, 5.74) is 0. The van der Waals surface area contributed by atoms with Gasteiger partial charge < -0.3 is 5.32 Å². The van der Waals surface area contributed by atoms with Crippen molar-refractivity contribution in [2.75, 3.05) is 34.2 Å². The van der Waals surface area contributed by atoms with Gasteiger partial charge in [0.15, 0.2) is 0 Å². The average molecular weight is 291 g/mol. The molecule has 1 rings (SSSR count). The Labute approximate surface area is 118 Å². The molecule has 0 bridgehead atoms. The van der Waals surface area contributed by atoms with Gasteiger partial charge in [0.2, 0.25) is 0 Å². The lowest BCUT2D eigenvalue weighted by molar-refractivity contribution is 0.306. The maximum Gasteiger partial charge on any atom is 0.281 e. The monoisotopic (exact) mass is 291 g/mol. The van der Waals surface area contributed by atoms with Gasteiger partial charge in [0.1, 0.15) is 0 Å². The third-order valence-electron chi connectivity index (χ3n) is 4.00. The van der Waals surface area contributed by atoms with E-state index in [9.17, 15) is 8.42 Å². The highest BCUT2D eigenvalue weighted by molar-refractivity contribution is 7.86. The molecule has 0 spiro atoms. The Morgan fingerprint density at radius 3 is 2.21 bits per heavy atom. The highest BCUT2D eigenvalue weighted by Gasteiger charge is 2.29. The lowest BCUT2D eigenvalue weighted by Gasteiger charge is -2.30. The lowest BCUT2D eigenvalue weighted by Crippen LogP contribution is -2.45. The van der Waals surface area contributed by atoms with E-state index < -0.39 is 10.2 Å². The van der Waals surface area contributed by atoms with Gasteiger partial charge in [0.25, 0.3) is 10.2 Å². The van der Waals surface area contributed by atoms with Crippen LogP contribution in [0.3, 0.4) is 0 Å². The summed E-state index contributed by atoms with van der Waals surface area (Å²) in [7, 11) is 2.00. The molecule has 5 nitrogen and oxygen atoms in total. The highest BCUT2D eigenvalue weighted by Crippen LogP contribution is 2.23. The molecule has 0 atom stereocenters. The van der Waals surface area contributed by atoms with Crippen molar-refractivity contribution in [3.63, 3.8) is 0 Å². The third kappa shape index (κ3) is 5.02. The Hall–Kier alpha value is -0.170. The van der Waals surface area contributed by atoms with E-state index in [0.717, 1.165) is 38.6 Å². The smallest absolute Gasteiger partial charge is 0.281 e. The molecule has 0 saturated heterocycles. The first-order chi connectivity index (χ1) is 9.00. The Kier molecular flexibility index (Phi) is 7.28. The number of nitrogens with one attached hydrogen (secondary N) is 1. The fraction of sp³-hybridized carbons (Fsp3) is 1.00. The van der Waals surface area contributed by atoms with Crippen LogP contribution in [-0.2, 0) is 10.2 Å². The topological polar surface area (TPSA) is 52.7 Å². The highest BCUT2D eigenvalue weighted by atomic mass is 32.2. The number of hydrogen-bond donors (Lipinski definition) is 1. The molecular formula is C13H29N3O2S. The normalized spacial score (nSPS) is 19.0.